The number of halogens is 1. The molecule has 3 aromatic rings. The van der Waals surface area contributed by atoms with Crippen LogP contribution in [0.5, 0.6) is 0 Å². The summed E-state index contributed by atoms with van der Waals surface area (Å²) in [5.41, 5.74) is 1.32. The van der Waals surface area contributed by atoms with E-state index in [0.717, 1.165) is 25.7 Å². The van der Waals surface area contributed by atoms with Crippen LogP contribution in [-0.2, 0) is 4.79 Å². The van der Waals surface area contributed by atoms with Gasteiger partial charge in [-0.15, -0.1) is 0 Å². The Labute approximate surface area is 180 Å². The molecule has 2 amide bonds. The van der Waals surface area contributed by atoms with Crippen molar-refractivity contribution in [3.63, 3.8) is 0 Å². The molecule has 1 heterocycles. The molecule has 0 aliphatic heterocycles. The molecule has 2 aromatic carbocycles. The summed E-state index contributed by atoms with van der Waals surface area (Å²) in [5, 5.41) is 6.33. The van der Waals surface area contributed by atoms with E-state index in [1.165, 1.54) is 24.3 Å². The Morgan fingerprint density at radius 3 is 2.32 bits per heavy atom. The van der Waals surface area contributed by atoms with Gasteiger partial charge in [0, 0.05) is 23.0 Å². The van der Waals surface area contributed by atoms with Crippen LogP contribution in [0.2, 0.25) is 0 Å². The third-order valence-corrected chi connectivity index (χ3v) is 5.95. The number of benzene rings is 2. The monoisotopic (exact) mass is 423 g/mol. The van der Waals surface area contributed by atoms with Crippen LogP contribution in [-0.4, -0.2) is 36.9 Å². The molecule has 162 valence electrons. The zero-order valence-electron chi connectivity index (χ0n) is 17.7. The normalized spacial score (nSPS) is 18.8. The third kappa shape index (κ3) is 4.61. The lowest BCUT2D eigenvalue weighted by Gasteiger charge is -2.31. The number of rotatable bonds is 5. The van der Waals surface area contributed by atoms with E-state index in [9.17, 15) is 14.0 Å². The maximum absolute atomic E-state index is 13.2. The van der Waals surface area contributed by atoms with Gasteiger partial charge in [-0.25, -0.2) is 4.39 Å². The number of carbonyl (C=O) groups is 2. The van der Waals surface area contributed by atoms with E-state index >= 15 is 0 Å². The van der Waals surface area contributed by atoms with Gasteiger partial charge in [-0.3, -0.25) is 9.59 Å². The molecule has 1 aromatic heterocycles. The predicted octanol–water partition coefficient (Wildman–Crippen LogP) is 4.88. The average Bonchev–Trinajstić information content (AvgIpc) is 3.14. The van der Waals surface area contributed by atoms with Gasteiger partial charge in [0.1, 0.15) is 17.1 Å². The fourth-order valence-electron chi connectivity index (χ4n) is 4.13. The van der Waals surface area contributed by atoms with Crippen LogP contribution in [0.3, 0.4) is 0 Å². The fraction of sp³-hybridized carbons (Fsp3) is 0.333. The number of nitrogens with zero attached hydrogens (tertiary/aromatic N) is 1. The van der Waals surface area contributed by atoms with E-state index in [1.807, 2.05) is 18.2 Å². The lowest BCUT2D eigenvalue weighted by atomic mass is 9.85. The van der Waals surface area contributed by atoms with Crippen molar-refractivity contribution in [1.29, 1.82) is 0 Å². The van der Waals surface area contributed by atoms with Gasteiger partial charge >= 0.3 is 0 Å². The van der Waals surface area contributed by atoms with Gasteiger partial charge in [-0.1, -0.05) is 12.1 Å². The van der Waals surface area contributed by atoms with Crippen LogP contribution in [0, 0.1) is 11.7 Å². The van der Waals surface area contributed by atoms with Crippen molar-refractivity contribution in [3.05, 3.63) is 60.1 Å². The van der Waals surface area contributed by atoms with Crippen molar-refractivity contribution in [2.45, 2.75) is 31.7 Å². The van der Waals surface area contributed by atoms with E-state index < -0.39 is 11.7 Å². The van der Waals surface area contributed by atoms with Crippen molar-refractivity contribution in [3.8, 4) is 0 Å². The van der Waals surface area contributed by atoms with Crippen molar-refractivity contribution in [2.24, 2.45) is 5.92 Å². The van der Waals surface area contributed by atoms with E-state index in [-0.39, 0.29) is 17.6 Å². The second kappa shape index (κ2) is 8.89. The minimum absolute atomic E-state index is 0.0286. The highest BCUT2D eigenvalue weighted by molar-refractivity contribution is 6.14. The van der Waals surface area contributed by atoms with E-state index in [0.29, 0.717) is 28.4 Å². The molecule has 6 nitrogen and oxygen atoms in total. The Balaban J connectivity index is 1.56. The first-order valence-corrected chi connectivity index (χ1v) is 10.5. The summed E-state index contributed by atoms with van der Waals surface area (Å²) in [6, 6.07) is 13.2. The third-order valence-electron chi connectivity index (χ3n) is 5.95. The number of hydrogen-bond donors (Lipinski definition) is 2. The number of amides is 2. The number of para-hydroxylation sites is 1. The van der Waals surface area contributed by atoms with Crippen LogP contribution in [0.4, 0.5) is 15.8 Å². The van der Waals surface area contributed by atoms with Gasteiger partial charge in [0.2, 0.25) is 11.7 Å². The number of carbonyl (C=O) groups excluding carboxylic acids is 2. The largest absolute Gasteiger partial charge is 0.449 e. The second-order valence-electron chi connectivity index (χ2n) is 8.22. The first-order chi connectivity index (χ1) is 14.9. The molecule has 1 aliphatic rings. The van der Waals surface area contributed by atoms with Gasteiger partial charge in [0.15, 0.2) is 0 Å². The Hall–Kier alpha value is -3.19. The van der Waals surface area contributed by atoms with Crippen molar-refractivity contribution >= 4 is 34.2 Å². The van der Waals surface area contributed by atoms with E-state index in [2.05, 4.69) is 29.6 Å². The number of anilines is 2. The first kappa shape index (κ1) is 21.1. The topological polar surface area (TPSA) is 74.6 Å². The maximum atomic E-state index is 13.2. The van der Waals surface area contributed by atoms with Crippen molar-refractivity contribution < 1.29 is 18.4 Å². The second-order valence-corrected chi connectivity index (χ2v) is 8.22. The molecule has 1 saturated carbocycles. The summed E-state index contributed by atoms with van der Waals surface area (Å²) in [6.45, 7) is 0. The zero-order chi connectivity index (χ0) is 22.0. The molecule has 0 bridgehead atoms. The van der Waals surface area contributed by atoms with Gasteiger partial charge in [-0.05, 0) is 76.2 Å². The maximum Gasteiger partial charge on any atom is 0.293 e. The van der Waals surface area contributed by atoms with E-state index in [1.54, 1.807) is 6.07 Å². The molecule has 0 unspecified atom stereocenters. The standard InChI is InChI=1S/C24H26FN3O3/c1-28(2)18-13-7-15(8-14-18)23(29)27-21-19-5-3-4-6-20(19)31-22(21)24(30)26-17-11-9-16(25)10-12-17/h3-6,9-12,15,18H,7-8,13-14H2,1-2H3,(H,26,30)(H,27,29). The number of nitrogens with one attached hydrogen (secondary N) is 2. The predicted molar refractivity (Wildman–Crippen MR) is 119 cm³/mol. The molecule has 0 atom stereocenters. The smallest absolute Gasteiger partial charge is 0.293 e. The quantitative estimate of drug-likeness (QED) is 0.613. The lowest BCUT2D eigenvalue weighted by molar-refractivity contribution is -0.121. The first-order valence-electron chi connectivity index (χ1n) is 10.5. The molecule has 0 spiro atoms. The summed E-state index contributed by atoms with van der Waals surface area (Å²) in [6.07, 6.45) is 3.55. The van der Waals surface area contributed by atoms with E-state index in [4.69, 9.17) is 4.42 Å². The van der Waals surface area contributed by atoms with Crippen molar-refractivity contribution in [2.75, 3.05) is 24.7 Å². The minimum Gasteiger partial charge on any atom is -0.449 e. The summed E-state index contributed by atoms with van der Waals surface area (Å²) in [4.78, 5) is 28.1. The Kier molecular flexibility index (Phi) is 6.04. The van der Waals surface area contributed by atoms with Crippen LogP contribution in [0.15, 0.2) is 52.9 Å². The molecule has 7 heteroatoms. The Morgan fingerprint density at radius 2 is 1.65 bits per heavy atom. The zero-order valence-corrected chi connectivity index (χ0v) is 17.7. The van der Waals surface area contributed by atoms with Crippen molar-refractivity contribution in [1.82, 2.24) is 4.90 Å². The van der Waals surface area contributed by atoms with Gasteiger partial charge in [0.25, 0.3) is 5.91 Å². The van der Waals surface area contributed by atoms with Crippen LogP contribution >= 0.6 is 0 Å². The lowest BCUT2D eigenvalue weighted by Crippen LogP contribution is -2.35. The molecule has 0 radical (unpaired) electrons. The summed E-state index contributed by atoms with van der Waals surface area (Å²) < 4.78 is 18.9. The Bertz CT molecular complexity index is 1080. The summed E-state index contributed by atoms with van der Waals surface area (Å²) >= 11 is 0. The highest BCUT2D eigenvalue weighted by Crippen LogP contribution is 2.33. The summed E-state index contributed by atoms with van der Waals surface area (Å²) in [5.74, 6) is -1.06. The molecule has 1 fully saturated rings. The van der Waals surface area contributed by atoms with Crippen LogP contribution in [0.25, 0.3) is 11.0 Å². The van der Waals surface area contributed by atoms with Crippen LogP contribution < -0.4 is 10.6 Å². The van der Waals surface area contributed by atoms with Crippen LogP contribution in [0.1, 0.15) is 36.2 Å². The van der Waals surface area contributed by atoms with Gasteiger partial charge in [0.05, 0.1) is 0 Å². The molecule has 1 aliphatic carbocycles. The fourth-order valence-corrected chi connectivity index (χ4v) is 4.13. The summed E-state index contributed by atoms with van der Waals surface area (Å²) in [7, 11) is 4.13. The Morgan fingerprint density at radius 1 is 0.968 bits per heavy atom. The SMILES string of the molecule is CN(C)C1CCC(C(=O)Nc2c(C(=O)Nc3ccc(F)cc3)oc3ccccc23)CC1. The average molecular weight is 423 g/mol. The molecule has 4 rings (SSSR count). The van der Waals surface area contributed by atoms with Gasteiger partial charge in [-0.2, -0.15) is 0 Å². The highest BCUT2D eigenvalue weighted by Gasteiger charge is 2.29. The molecule has 2 N–H and O–H groups in total. The molecular weight excluding hydrogens is 397 g/mol. The highest BCUT2D eigenvalue weighted by atomic mass is 19.1. The molecule has 0 saturated heterocycles. The number of fused-ring (bicyclic) bond motifs is 1. The molecule has 31 heavy (non-hydrogen) atoms. The number of hydrogen-bond acceptors (Lipinski definition) is 4. The number of furan rings is 1. The van der Waals surface area contributed by atoms with Gasteiger partial charge < -0.3 is 20.0 Å². The molecular formula is C24H26FN3O3. The minimum atomic E-state index is -0.505.